The van der Waals surface area contributed by atoms with Crippen LogP contribution in [0.1, 0.15) is 30.5 Å². The van der Waals surface area contributed by atoms with Crippen LogP contribution in [0.4, 0.5) is 0 Å². The number of rotatable bonds is 7. The summed E-state index contributed by atoms with van der Waals surface area (Å²) in [6.45, 7) is 4.05. The highest BCUT2D eigenvalue weighted by molar-refractivity contribution is 6.31. The molecule has 4 heteroatoms. The molecular weight excluding hydrogens is 360 g/mol. The van der Waals surface area contributed by atoms with Gasteiger partial charge < -0.3 is 9.15 Å². The van der Waals surface area contributed by atoms with E-state index in [0.717, 1.165) is 16.7 Å². The van der Waals surface area contributed by atoms with E-state index < -0.39 is 0 Å². The van der Waals surface area contributed by atoms with Gasteiger partial charge in [-0.1, -0.05) is 55.8 Å². The molecule has 2 aromatic carbocycles. The Kier molecular flexibility index (Phi) is 6.36. The summed E-state index contributed by atoms with van der Waals surface area (Å²) < 4.78 is 10.8. The molecule has 0 spiro atoms. The minimum absolute atomic E-state index is 0.156. The van der Waals surface area contributed by atoms with Crippen molar-refractivity contribution in [1.29, 1.82) is 0 Å². The molecular formula is C23H23ClO3. The molecule has 0 N–H and O–H groups in total. The summed E-state index contributed by atoms with van der Waals surface area (Å²) in [5, 5.41) is 0.664. The van der Waals surface area contributed by atoms with Gasteiger partial charge in [0.1, 0.15) is 5.75 Å². The van der Waals surface area contributed by atoms with Crippen molar-refractivity contribution in [2.24, 2.45) is 11.8 Å². The van der Waals surface area contributed by atoms with Gasteiger partial charge in [0.2, 0.25) is 0 Å². The highest BCUT2D eigenvalue weighted by Gasteiger charge is 2.25. The van der Waals surface area contributed by atoms with E-state index in [-0.39, 0.29) is 17.8 Å². The number of hydrogen-bond donors (Lipinski definition) is 0. The van der Waals surface area contributed by atoms with Crippen LogP contribution in [-0.4, -0.2) is 5.97 Å². The topological polar surface area (TPSA) is 39.4 Å². The summed E-state index contributed by atoms with van der Waals surface area (Å²) >= 11 is 6.34. The van der Waals surface area contributed by atoms with E-state index in [2.05, 4.69) is 12.1 Å². The summed E-state index contributed by atoms with van der Waals surface area (Å²) in [6, 6.07) is 17.3. The van der Waals surface area contributed by atoms with Crippen molar-refractivity contribution in [3.05, 3.63) is 88.8 Å². The summed E-state index contributed by atoms with van der Waals surface area (Å²) in [7, 11) is 0. The maximum atomic E-state index is 12.7. The zero-order valence-electron chi connectivity index (χ0n) is 15.5. The van der Waals surface area contributed by atoms with E-state index in [0.29, 0.717) is 23.6 Å². The van der Waals surface area contributed by atoms with Crippen LogP contribution in [0, 0.1) is 11.8 Å². The van der Waals surface area contributed by atoms with Crippen LogP contribution in [0.3, 0.4) is 0 Å². The highest BCUT2D eigenvalue weighted by atomic mass is 35.5. The van der Waals surface area contributed by atoms with E-state index in [1.165, 1.54) is 0 Å². The summed E-state index contributed by atoms with van der Waals surface area (Å²) in [6.07, 6.45) is 4.57. The molecule has 0 aliphatic carbocycles. The van der Waals surface area contributed by atoms with Gasteiger partial charge in [-0.2, -0.15) is 0 Å². The first-order chi connectivity index (χ1) is 13.0. The van der Waals surface area contributed by atoms with Crippen LogP contribution in [0.2, 0.25) is 5.02 Å². The number of furan rings is 1. The van der Waals surface area contributed by atoms with Crippen molar-refractivity contribution in [3.63, 3.8) is 0 Å². The zero-order valence-corrected chi connectivity index (χ0v) is 16.3. The van der Waals surface area contributed by atoms with Crippen molar-refractivity contribution in [2.45, 2.75) is 26.7 Å². The Bertz CT molecular complexity index is 870. The molecule has 0 radical (unpaired) electrons. The second-order valence-corrected chi connectivity index (χ2v) is 7.43. The highest BCUT2D eigenvalue weighted by Crippen LogP contribution is 2.27. The van der Waals surface area contributed by atoms with Crippen molar-refractivity contribution >= 4 is 17.6 Å². The molecule has 0 fully saturated rings. The van der Waals surface area contributed by atoms with Gasteiger partial charge in [-0.05, 0) is 59.7 Å². The Morgan fingerprint density at radius 3 is 2.52 bits per heavy atom. The molecule has 0 bridgehead atoms. The maximum Gasteiger partial charge on any atom is 0.314 e. The molecule has 0 saturated carbocycles. The first kappa shape index (κ1) is 19.2. The predicted molar refractivity (Wildman–Crippen MR) is 107 cm³/mol. The molecule has 1 atom stereocenters. The molecule has 3 aromatic rings. The third-order valence-electron chi connectivity index (χ3n) is 4.62. The van der Waals surface area contributed by atoms with E-state index in [9.17, 15) is 4.79 Å². The number of carbonyl (C=O) groups is 1. The van der Waals surface area contributed by atoms with Gasteiger partial charge in [-0.25, -0.2) is 0 Å². The average Bonchev–Trinajstić information content (AvgIpc) is 3.16. The molecule has 140 valence electrons. The van der Waals surface area contributed by atoms with Crippen LogP contribution in [0.15, 0.2) is 71.5 Å². The Morgan fingerprint density at radius 2 is 1.85 bits per heavy atom. The van der Waals surface area contributed by atoms with Gasteiger partial charge in [0.15, 0.2) is 0 Å². The van der Waals surface area contributed by atoms with E-state index in [4.69, 9.17) is 20.8 Å². The third-order valence-corrected chi connectivity index (χ3v) is 4.98. The van der Waals surface area contributed by atoms with Crippen molar-refractivity contribution in [1.82, 2.24) is 0 Å². The molecule has 1 unspecified atom stereocenters. The van der Waals surface area contributed by atoms with Crippen molar-refractivity contribution in [2.75, 3.05) is 0 Å². The fraction of sp³-hybridized carbons (Fsp3) is 0.261. The first-order valence-corrected chi connectivity index (χ1v) is 9.46. The second-order valence-electron chi connectivity index (χ2n) is 7.02. The van der Waals surface area contributed by atoms with Gasteiger partial charge in [-0.3, -0.25) is 4.79 Å². The number of carbonyl (C=O) groups excluding carboxylic acids is 1. The normalized spacial score (nSPS) is 12.1. The molecule has 1 aromatic heterocycles. The fourth-order valence-corrected chi connectivity index (χ4v) is 3.20. The van der Waals surface area contributed by atoms with Crippen LogP contribution >= 0.6 is 11.6 Å². The zero-order chi connectivity index (χ0) is 19.2. The Morgan fingerprint density at radius 1 is 1.07 bits per heavy atom. The number of ether oxygens (including phenoxy) is 1. The van der Waals surface area contributed by atoms with E-state index in [1.807, 2.05) is 44.2 Å². The average molecular weight is 383 g/mol. The number of esters is 1. The largest absolute Gasteiger partial charge is 0.472 e. The smallest absolute Gasteiger partial charge is 0.314 e. The molecule has 3 nitrogen and oxygen atoms in total. The van der Waals surface area contributed by atoms with Gasteiger partial charge in [0.05, 0.1) is 18.4 Å². The quantitative estimate of drug-likeness (QED) is 0.374. The molecule has 3 rings (SSSR count). The van der Waals surface area contributed by atoms with Crippen LogP contribution in [0.5, 0.6) is 5.75 Å². The Labute approximate surface area is 164 Å². The standard InChI is InChI=1S/C23H23ClO3/c1-16(2)21(13-18-10-11-26-15-18)23(25)27-20-8-9-22(24)19(14-20)12-17-6-4-3-5-7-17/h3-11,14-16,21H,12-13H2,1-2H3. The Balaban J connectivity index is 1.73. The number of hydrogen-bond acceptors (Lipinski definition) is 3. The molecule has 1 heterocycles. The first-order valence-electron chi connectivity index (χ1n) is 9.08. The molecule has 0 aliphatic rings. The van der Waals surface area contributed by atoms with Gasteiger partial charge >= 0.3 is 5.97 Å². The summed E-state index contributed by atoms with van der Waals surface area (Å²) in [5.41, 5.74) is 3.08. The van der Waals surface area contributed by atoms with Gasteiger partial charge in [0.25, 0.3) is 0 Å². The minimum Gasteiger partial charge on any atom is -0.472 e. The van der Waals surface area contributed by atoms with Crippen molar-refractivity contribution < 1.29 is 13.9 Å². The fourth-order valence-electron chi connectivity index (χ4n) is 3.01. The SMILES string of the molecule is CC(C)C(Cc1ccoc1)C(=O)Oc1ccc(Cl)c(Cc2ccccc2)c1. The number of benzene rings is 2. The lowest BCUT2D eigenvalue weighted by molar-refractivity contribution is -0.140. The van der Waals surface area contributed by atoms with Crippen LogP contribution < -0.4 is 4.74 Å². The second kappa shape index (κ2) is 8.92. The molecule has 0 saturated heterocycles. The molecule has 0 aliphatic heterocycles. The lowest BCUT2D eigenvalue weighted by atomic mass is 9.90. The maximum absolute atomic E-state index is 12.7. The minimum atomic E-state index is -0.240. The van der Waals surface area contributed by atoms with Crippen LogP contribution in [-0.2, 0) is 17.6 Å². The summed E-state index contributed by atoms with van der Waals surface area (Å²) in [4.78, 5) is 12.7. The predicted octanol–water partition coefficient (Wildman–Crippen LogP) is 5.94. The number of halogens is 1. The molecule has 0 amide bonds. The van der Waals surface area contributed by atoms with E-state index >= 15 is 0 Å². The van der Waals surface area contributed by atoms with Gasteiger partial charge in [0, 0.05) is 5.02 Å². The Hall–Kier alpha value is -2.52. The lowest BCUT2D eigenvalue weighted by Crippen LogP contribution is -2.27. The van der Waals surface area contributed by atoms with Gasteiger partial charge in [-0.15, -0.1) is 0 Å². The van der Waals surface area contributed by atoms with Crippen molar-refractivity contribution in [3.8, 4) is 5.75 Å². The monoisotopic (exact) mass is 382 g/mol. The van der Waals surface area contributed by atoms with E-state index in [1.54, 1.807) is 24.7 Å². The molecule has 27 heavy (non-hydrogen) atoms. The summed E-state index contributed by atoms with van der Waals surface area (Å²) in [5.74, 6) is 0.201. The lowest BCUT2D eigenvalue weighted by Gasteiger charge is -2.19. The van der Waals surface area contributed by atoms with Crippen LogP contribution in [0.25, 0.3) is 0 Å². The third kappa shape index (κ3) is 5.24.